The van der Waals surface area contributed by atoms with Crippen molar-refractivity contribution in [2.45, 2.75) is 233 Å². The van der Waals surface area contributed by atoms with E-state index >= 15 is 0 Å². The molecule has 280 valence electrons. The van der Waals surface area contributed by atoms with Gasteiger partial charge in [0.25, 0.3) is 0 Å². The SMILES string of the molecule is CCCCCCCCCC[N+](C)([O-])CCCCCCCCCC.CCCCCCCCCC[N+](C)([O-])CCCCCCCCCC. The van der Waals surface area contributed by atoms with Gasteiger partial charge >= 0.3 is 0 Å². The molecule has 0 saturated heterocycles. The minimum absolute atomic E-state index is 0.00826. The quantitative estimate of drug-likeness (QED) is 0.0383. The minimum atomic E-state index is -0.00826. The van der Waals surface area contributed by atoms with Crippen LogP contribution in [0.2, 0.25) is 0 Å². The van der Waals surface area contributed by atoms with Crippen molar-refractivity contribution in [3.05, 3.63) is 10.4 Å². The first-order valence-electron chi connectivity index (χ1n) is 21.4. The van der Waals surface area contributed by atoms with E-state index in [-0.39, 0.29) is 9.29 Å². The van der Waals surface area contributed by atoms with Crippen LogP contribution in [0, 0.1) is 10.4 Å². The molecule has 0 aliphatic carbocycles. The molecule has 0 aliphatic rings. The van der Waals surface area contributed by atoms with Gasteiger partial charge in [-0.25, -0.2) is 0 Å². The van der Waals surface area contributed by atoms with Crippen molar-refractivity contribution in [2.24, 2.45) is 0 Å². The fraction of sp³-hybridized carbons (Fsp3) is 1.00. The van der Waals surface area contributed by atoms with Crippen LogP contribution < -0.4 is 0 Å². The molecule has 0 atom stereocenters. The highest BCUT2D eigenvalue weighted by molar-refractivity contribution is 4.51. The molecule has 0 aromatic heterocycles. The van der Waals surface area contributed by atoms with Crippen LogP contribution in [-0.2, 0) is 0 Å². The fourth-order valence-corrected chi connectivity index (χ4v) is 6.54. The van der Waals surface area contributed by atoms with E-state index in [1.807, 2.05) is 14.1 Å². The average molecular weight is 655 g/mol. The second-order valence-corrected chi connectivity index (χ2v) is 15.4. The molecule has 0 fully saturated rings. The van der Waals surface area contributed by atoms with Gasteiger partial charge in [0.15, 0.2) is 0 Å². The normalized spacial score (nSPS) is 12.0. The summed E-state index contributed by atoms with van der Waals surface area (Å²) in [5.74, 6) is 0. The lowest BCUT2D eigenvalue weighted by molar-refractivity contribution is -0.861. The first kappa shape index (κ1) is 48.0. The Balaban J connectivity index is 0. The molecule has 0 spiro atoms. The Morgan fingerprint density at radius 2 is 0.370 bits per heavy atom. The number of hydrogen-bond acceptors (Lipinski definition) is 2. The van der Waals surface area contributed by atoms with Gasteiger partial charge in [0, 0.05) is 0 Å². The summed E-state index contributed by atoms with van der Waals surface area (Å²) in [7, 11) is 3.75. The second-order valence-electron chi connectivity index (χ2n) is 15.4. The third-order valence-electron chi connectivity index (χ3n) is 9.94. The third-order valence-corrected chi connectivity index (χ3v) is 9.94. The molecule has 0 aromatic rings. The van der Waals surface area contributed by atoms with Crippen molar-refractivity contribution in [1.82, 2.24) is 0 Å². The van der Waals surface area contributed by atoms with Gasteiger partial charge in [-0.15, -0.1) is 0 Å². The van der Waals surface area contributed by atoms with Crippen molar-refractivity contribution in [3.8, 4) is 0 Å². The highest BCUT2D eigenvalue weighted by atomic mass is 16.5. The lowest BCUT2D eigenvalue weighted by Crippen LogP contribution is -2.39. The van der Waals surface area contributed by atoms with Crippen LogP contribution in [0.15, 0.2) is 0 Å². The lowest BCUT2D eigenvalue weighted by Gasteiger charge is -2.39. The maximum atomic E-state index is 12.4. The first-order valence-corrected chi connectivity index (χ1v) is 21.4. The van der Waals surface area contributed by atoms with E-state index in [0.717, 1.165) is 51.9 Å². The van der Waals surface area contributed by atoms with Gasteiger partial charge < -0.3 is 19.7 Å². The molecule has 4 nitrogen and oxygen atoms in total. The van der Waals surface area contributed by atoms with Gasteiger partial charge in [-0.3, -0.25) is 0 Å². The predicted octanol–water partition coefficient (Wildman–Crippen LogP) is 14.4. The average Bonchev–Trinajstić information content (AvgIpc) is 3.02. The van der Waals surface area contributed by atoms with E-state index < -0.39 is 0 Å². The van der Waals surface area contributed by atoms with Crippen molar-refractivity contribution < 1.29 is 9.29 Å². The predicted molar refractivity (Wildman–Crippen MR) is 209 cm³/mol. The maximum absolute atomic E-state index is 12.4. The molecular formula is C42H90N2O2. The molecule has 0 amide bonds. The largest absolute Gasteiger partial charge is 0.633 e. The van der Waals surface area contributed by atoms with Gasteiger partial charge in [-0.05, 0) is 51.4 Å². The second kappa shape index (κ2) is 37.7. The van der Waals surface area contributed by atoms with Gasteiger partial charge in [0.05, 0.1) is 40.3 Å². The number of hydroxylamine groups is 6. The number of rotatable bonds is 36. The Kier molecular flexibility index (Phi) is 39.3. The number of hydrogen-bond donors (Lipinski definition) is 0. The summed E-state index contributed by atoms with van der Waals surface area (Å²) >= 11 is 0. The van der Waals surface area contributed by atoms with E-state index in [1.54, 1.807) is 0 Å². The zero-order chi connectivity index (χ0) is 34.5. The molecule has 0 rings (SSSR count). The summed E-state index contributed by atoms with van der Waals surface area (Å²) in [6, 6.07) is 0. The smallest absolute Gasteiger partial charge is 0.0781 e. The van der Waals surface area contributed by atoms with E-state index in [9.17, 15) is 10.4 Å². The van der Waals surface area contributed by atoms with Crippen LogP contribution in [0.5, 0.6) is 0 Å². The zero-order valence-corrected chi connectivity index (χ0v) is 33.2. The van der Waals surface area contributed by atoms with Gasteiger partial charge in [-0.1, -0.05) is 182 Å². The van der Waals surface area contributed by atoms with Gasteiger partial charge in [0.1, 0.15) is 0 Å². The van der Waals surface area contributed by atoms with Crippen molar-refractivity contribution in [2.75, 3.05) is 40.3 Å². The lowest BCUT2D eigenvalue weighted by atomic mass is 10.1. The number of unbranched alkanes of at least 4 members (excludes halogenated alkanes) is 28. The first-order chi connectivity index (χ1) is 22.2. The Morgan fingerprint density at radius 1 is 0.239 bits per heavy atom. The molecule has 0 unspecified atom stereocenters. The number of nitrogens with zero attached hydrogens (tertiary/aromatic N) is 2. The zero-order valence-electron chi connectivity index (χ0n) is 33.2. The summed E-state index contributed by atoms with van der Waals surface area (Å²) in [4.78, 5) is 0. The molecule has 0 N–H and O–H groups in total. The summed E-state index contributed by atoms with van der Waals surface area (Å²) in [6.07, 6.45) is 42.1. The molecule has 0 radical (unpaired) electrons. The van der Waals surface area contributed by atoms with Crippen LogP contribution in [0.25, 0.3) is 0 Å². The van der Waals surface area contributed by atoms with E-state index in [2.05, 4.69) is 27.7 Å². The van der Waals surface area contributed by atoms with Crippen LogP contribution in [0.4, 0.5) is 0 Å². The standard InChI is InChI=1S/2C21H45NO/c2*1-4-6-8-10-12-14-16-18-20-22(3,23)21-19-17-15-13-11-9-7-5-2/h2*4-21H2,1-3H3. The van der Waals surface area contributed by atoms with Crippen molar-refractivity contribution in [3.63, 3.8) is 0 Å². The van der Waals surface area contributed by atoms with Crippen LogP contribution in [-0.4, -0.2) is 49.6 Å². The topological polar surface area (TPSA) is 46.1 Å². The van der Waals surface area contributed by atoms with E-state index in [1.165, 1.54) is 180 Å². The molecule has 4 heteroatoms. The van der Waals surface area contributed by atoms with Crippen LogP contribution in [0.1, 0.15) is 233 Å². The van der Waals surface area contributed by atoms with Crippen LogP contribution in [0.3, 0.4) is 0 Å². The fourth-order valence-electron chi connectivity index (χ4n) is 6.54. The molecule has 0 heterocycles. The van der Waals surface area contributed by atoms with Gasteiger partial charge in [0.2, 0.25) is 0 Å². The van der Waals surface area contributed by atoms with E-state index in [4.69, 9.17) is 0 Å². The molecule has 0 aromatic carbocycles. The third kappa shape index (κ3) is 41.9. The molecule has 0 bridgehead atoms. The minimum Gasteiger partial charge on any atom is -0.633 e. The van der Waals surface area contributed by atoms with Crippen molar-refractivity contribution in [1.29, 1.82) is 0 Å². The monoisotopic (exact) mass is 655 g/mol. The summed E-state index contributed by atoms with van der Waals surface area (Å²) < 4.78 is -0.0165. The highest BCUT2D eigenvalue weighted by Gasteiger charge is 2.10. The summed E-state index contributed by atoms with van der Waals surface area (Å²) in [5.41, 5.74) is 0. The Labute approximate surface area is 292 Å². The van der Waals surface area contributed by atoms with E-state index in [0.29, 0.717) is 0 Å². The Hall–Kier alpha value is -0.160. The summed E-state index contributed by atoms with van der Waals surface area (Å²) in [6.45, 7) is 12.4. The molecule has 46 heavy (non-hydrogen) atoms. The molecule has 0 aliphatic heterocycles. The highest BCUT2D eigenvalue weighted by Crippen LogP contribution is 2.15. The molecule has 0 saturated carbocycles. The summed E-state index contributed by atoms with van der Waals surface area (Å²) in [5, 5.41) is 24.8. The van der Waals surface area contributed by atoms with Gasteiger partial charge in [-0.2, -0.15) is 0 Å². The van der Waals surface area contributed by atoms with Crippen LogP contribution >= 0.6 is 0 Å². The maximum Gasteiger partial charge on any atom is 0.0781 e. The Morgan fingerprint density at radius 3 is 0.522 bits per heavy atom. The van der Waals surface area contributed by atoms with Crippen molar-refractivity contribution >= 4 is 0 Å². The Bertz CT molecular complexity index is 460. The number of quaternary nitrogens is 2. The molecular weight excluding hydrogens is 564 g/mol.